The predicted molar refractivity (Wildman–Crippen MR) is 104 cm³/mol. The number of alkyl halides is 2. The molecule has 2 heterocycles. The molecule has 4 rings (SSSR count). The minimum absolute atomic E-state index is 0.0252. The van der Waals surface area contributed by atoms with Crippen LogP contribution in [0.5, 0.6) is 0 Å². The maximum absolute atomic E-state index is 14.5. The first-order valence-corrected chi connectivity index (χ1v) is 9.33. The highest BCUT2D eigenvalue weighted by atomic mass is 19.3. The van der Waals surface area contributed by atoms with Crippen LogP contribution in [0, 0.1) is 5.82 Å². The van der Waals surface area contributed by atoms with Crippen molar-refractivity contribution in [1.82, 2.24) is 14.8 Å². The molecule has 0 aliphatic heterocycles. The molecule has 3 aromatic rings. The summed E-state index contributed by atoms with van der Waals surface area (Å²) in [6.45, 7) is 1.58. The number of primary amides is 1. The van der Waals surface area contributed by atoms with E-state index in [1.54, 1.807) is 17.7 Å². The Morgan fingerprint density at radius 2 is 1.93 bits per heavy atom. The van der Waals surface area contributed by atoms with Crippen LogP contribution in [0.3, 0.4) is 0 Å². The number of nitrogens with two attached hydrogens (primary N) is 1. The summed E-state index contributed by atoms with van der Waals surface area (Å²) in [7, 11) is 0. The Kier molecular flexibility index (Phi) is 4.92. The second kappa shape index (κ2) is 7.43. The van der Waals surface area contributed by atoms with E-state index in [0.717, 1.165) is 18.9 Å². The number of halogens is 3. The molecule has 1 aromatic carbocycles. The number of rotatable bonds is 6. The minimum Gasteiger partial charge on any atom is -0.364 e. The number of nitrogens with one attached hydrogen (secondary N) is 1. The van der Waals surface area contributed by atoms with Crippen molar-refractivity contribution in [2.75, 3.05) is 5.32 Å². The Morgan fingerprint density at radius 1 is 1.23 bits per heavy atom. The molecule has 7 nitrogen and oxygen atoms in total. The van der Waals surface area contributed by atoms with E-state index in [9.17, 15) is 22.8 Å². The van der Waals surface area contributed by atoms with E-state index < -0.39 is 29.8 Å². The summed E-state index contributed by atoms with van der Waals surface area (Å²) in [4.78, 5) is 24.1. The number of carbonyl (C=O) groups is 1. The molecule has 10 heteroatoms. The highest BCUT2D eigenvalue weighted by molar-refractivity contribution is 6.06. The second-order valence-electron chi connectivity index (χ2n) is 7.26. The van der Waals surface area contributed by atoms with Gasteiger partial charge >= 0.3 is 0 Å². The molecular weight excluding hydrogens is 399 g/mol. The minimum atomic E-state index is -2.94. The first kappa shape index (κ1) is 19.9. The van der Waals surface area contributed by atoms with Gasteiger partial charge in [-0.2, -0.15) is 0 Å². The van der Waals surface area contributed by atoms with Crippen molar-refractivity contribution in [2.24, 2.45) is 5.73 Å². The van der Waals surface area contributed by atoms with E-state index in [4.69, 9.17) is 5.73 Å². The van der Waals surface area contributed by atoms with Crippen LogP contribution in [0.2, 0.25) is 0 Å². The van der Waals surface area contributed by atoms with Gasteiger partial charge in [-0.15, -0.1) is 10.2 Å². The monoisotopic (exact) mass is 417 g/mol. The summed E-state index contributed by atoms with van der Waals surface area (Å²) < 4.78 is 42.1. The predicted octanol–water partition coefficient (Wildman–Crippen LogP) is 3.48. The molecule has 0 spiro atoms. The van der Waals surface area contributed by atoms with E-state index in [2.05, 4.69) is 15.5 Å². The van der Waals surface area contributed by atoms with Gasteiger partial charge in [-0.25, -0.2) is 13.2 Å². The molecule has 0 radical (unpaired) electrons. The summed E-state index contributed by atoms with van der Waals surface area (Å²) in [5, 5.41) is 11.4. The number of aromatic nitrogens is 3. The quantitative estimate of drug-likeness (QED) is 0.639. The Hall–Kier alpha value is -3.43. The average molecular weight is 417 g/mol. The maximum Gasteiger partial charge on any atom is 0.269 e. The number of hydrogen-bond acceptors (Lipinski definition) is 5. The summed E-state index contributed by atoms with van der Waals surface area (Å²) >= 11 is 0. The molecular formula is C20H18F3N5O2. The lowest BCUT2D eigenvalue weighted by molar-refractivity contribution is 0.0996. The Balaban J connectivity index is 1.80. The Labute approximate surface area is 168 Å². The molecule has 1 atom stereocenters. The maximum atomic E-state index is 14.5. The van der Waals surface area contributed by atoms with Gasteiger partial charge < -0.3 is 15.6 Å². The van der Waals surface area contributed by atoms with Crippen LogP contribution in [-0.4, -0.2) is 20.7 Å². The lowest BCUT2D eigenvalue weighted by atomic mass is 10.0. The third kappa shape index (κ3) is 3.49. The van der Waals surface area contributed by atoms with Gasteiger partial charge in [-0.1, -0.05) is 18.2 Å². The summed E-state index contributed by atoms with van der Waals surface area (Å²) in [6, 6.07) is 4.37. The number of amides is 1. The lowest BCUT2D eigenvalue weighted by Gasteiger charge is -2.19. The lowest BCUT2D eigenvalue weighted by Crippen LogP contribution is -2.21. The number of anilines is 1. The molecule has 30 heavy (non-hydrogen) atoms. The Bertz CT molecular complexity index is 1210. The van der Waals surface area contributed by atoms with Gasteiger partial charge in [-0.05, 0) is 19.8 Å². The SMILES string of the molecule is C[C@@H](Nc1nnc(C(N)=O)c2cc(=O)n(C3CC3)cc12)c1cccc(C(F)F)c1F. The molecule has 3 N–H and O–H groups in total. The van der Waals surface area contributed by atoms with Gasteiger partial charge in [0.15, 0.2) is 11.5 Å². The number of carbonyl (C=O) groups excluding carboxylic acids is 1. The topological polar surface area (TPSA) is 103 Å². The number of fused-ring (bicyclic) bond motifs is 1. The van der Waals surface area contributed by atoms with E-state index in [-0.39, 0.29) is 34.1 Å². The van der Waals surface area contributed by atoms with Crippen molar-refractivity contribution >= 4 is 22.5 Å². The summed E-state index contributed by atoms with van der Waals surface area (Å²) in [5.74, 6) is -1.67. The number of hydrogen-bond donors (Lipinski definition) is 2. The highest BCUT2D eigenvalue weighted by Gasteiger charge is 2.26. The van der Waals surface area contributed by atoms with Crippen molar-refractivity contribution in [3.63, 3.8) is 0 Å². The zero-order valence-corrected chi connectivity index (χ0v) is 15.9. The molecule has 156 valence electrons. The first-order chi connectivity index (χ1) is 14.3. The van der Waals surface area contributed by atoms with Gasteiger partial charge in [0.2, 0.25) is 0 Å². The fourth-order valence-electron chi connectivity index (χ4n) is 3.42. The third-order valence-electron chi connectivity index (χ3n) is 5.13. The number of benzene rings is 1. The largest absolute Gasteiger partial charge is 0.364 e. The van der Waals surface area contributed by atoms with Gasteiger partial charge in [0.25, 0.3) is 17.9 Å². The van der Waals surface area contributed by atoms with Crippen molar-refractivity contribution in [1.29, 1.82) is 0 Å². The normalized spacial score (nSPS) is 14.8. The van der Waals surface area contributed by atoms with Crippen LogP contribution in [0.25, 0.3) is 10.8 Å². The third-order valence-corrected chi connectivity index (χ3v) is 5.13. The van der Waals surface area contributed by atoms with E-state index >= 15 is 0 Å². The van der Waals surface area contributed by atoms with Crippen LogP contribution in [0.1, 0.15) is 59.9 Å². The zero-order valence-electron chi connectivity index (χ0n) is 15.9. The number of nitrogens with zero attached hydrogens (tertiary/aromatic N) is 3. The summed E-state index contributed by atoms with van der Waals surface area (Å²) in [6.07, 6.45) is 0.340. The molecule has 0 unspecified atom stereocenters. The average Bonchev–Trinajstić information content (AvgIpc) is 3.52. The van der Waals surface area contributed by atoms with Crippen LogP contribution in [-0.2, 0) is 0 Å². The standard InChI is InChI=1S/C20H18F3N5O2/c1-9(11-3-2-4-12(16(11)21)18(22)23)25-20-14-8-28(10-5-6-10)15(29)7-13(14)17(19(24)30)26-27-20/h2-4,7-10,18H,5-6H2,1H3,(H2,24,30)(H,25,27)/t9-/m1/s1. The molecule has 1 amide bonds. The smallest absolute Gasteiger partial charge is 0.269 e. The van der Waals surface area contributed by atoms with Crippen LogP contribution in [0.15, 0.2) is 35.3 Å². The van der Waals surface area contributed by atoms with Crippen molar-refractivity contribution in [3.8, 4) is 0 Å². The fraction of sp³-hybridized carbons (Fsp3) is 0.300. The summed E-state index contributed by atoms with van der Waals surface area (Å²) in [5.41, 5.74) is 4.24. The van der Waals surface area contributed by atoms with E-state index in [0.29, 0.717) is 5.39 Å². The molecule has 2 aromatic heterocycles. The van der Waals surface area contributed by atoms with Crippen molar-refractivity contribution in [2.45, 2.75) is 38.3 Å². The number of pyridine rings is 1. The van der Waals surface area contributed by atoms with Crippen LogP contribution < -0.4 is 16.6 Å². The molecule has 1 aliphatic rings. The zero-order chi connectivity index (χ0) is 21.6. The fourth-order valence-corrected chi connectivity index (χ4v) is 3.42. The van der Waals surface area contributed by atoms with Crippen LogP contribution >= 0.6 is 0 Å². The highest BCUT2D eigenvalue weighted by Crippen LogP contribution is 2.35. The molecule has 1 saturated carbocycles. The van der Waals surface area contributed by atoms with Crippen molar-refractivity contribution in [3.05, 3.63) is 63.5 Å². The van der Waals surface area contributed by atoms with Gasteiger partial charge in [0, 0.05) is 34.6 Å². The van der Waals surface area contributed by atoms with Gasteiger partial charge in [-0.3, -0.25) is 9.59 Å². The first-order valence-electron chi connectivity index (χ1n) is 9.33. The van der Waals surface area contributed by atoms with Crippen LogP contribution in [0.4, 0.5) is 19.0 Å². The van der Waals surface area contributed by atoms with E-state index in [1.807, 2.05) is 0 Å². The molecule has 0 saturated heterocycles. The molecule has 1 fully saturated rings. The van der Waals surface area contributed by atoms with Gasteiger partial charge in [0.05, 0.1) is 11.6 Å². The molecule has 0 bridgehead atoms. The van der Waals surface area contributed by atoms with Crippen molar-refractivity contribution < 1.29 is 18.0 Å². The second-order valence-corrected chi connectivity index (χ2v) is 7.26. The van der Waals surface area contributed by atoms with E-state index in [1.165, 1.54) is 18.2 Å². The Morgan fingerprint density at radius 3 is 2.57 bits per heavy atom. The molecule has 1 aliphatic carbocycles. The van der Waals surface area contributed by atoms with Gasteiger partial charge in [0.1, 0.15) is 5.82 Å².